The lowest BCUT2D eigenvalue weighted by atomic mass is 10.1. The van der Waals surface area contributed by atoms with Crippen LogP contribution in [0, 0.1) is 0 Å². The highest BCUT2D eigenvalue weighted by Gasteiger charge is 2.09. The average Bonchev–Trinajstić information content (AvgIpc) is 2.71. The molecule has 2 aromatic rings. The number of imidazole rings is 1. The number of hydrogen-bond donors (Lipinski definition) is 3. The summed E-state index contributed by atoms with van der Waals surface area (Å²) in [6.07, 6.45) is 0. The van der Waals surface area contributed by atoms with Crippen LogP contribution < -0.4 is 10.6 Å². The van der Waals surface area contributed by atoms with Crippen LogP contribution in [0.25, 0.3) is 11.3 Å². The lowest BCUT2D eigenvalue weighted by Crippen LogP contribution is -2.06. The quantitative estimate of drug-likeness (QED) is 0.782. The van der Waals surface area contributed by atoms with E-state index >= 15 is 0 Å². The molecule has 0 bridgehead atoms. The third-order valence-corrected chi connectivity index (χ3v) is 2.79. The van der Waals surface area contributed by atoms with E-state index in [0.717, 1.165) is 22.8 Å². The monoisotopic (exact) mass is 250 g/mol. The number of anilines is 1. The standard InChI is InChI=1S/C12H15ClN4/c1-14-7-10-16-11(12(13)17-10)8-3-5-9(15-2)6-4-8/h3-6,14-15H,7H2,1-2H3,(H,16,17). The van der Waals surface area contributed by atoms with Crippen LogP contribution in [0.15, 0.2) is 24.3 Å². The van der Waals surface area contributed by atoms with E-state index < -0.39 is 0 Å². The molecule has 2 rings (SSSR count). The number of aromatic amines is 1. The summed E-state index contributed by atoms with van der Waals surface area (Å²) >= 11 is 6.10. The normalized spacial score (nSPS) is 10.5. The number of nitrogens with one attached hydrogen (secondary N) is 3. The Kier molecular flexibility index (Phi) is 3.66. The Labute approximate surface area is 105 Å². The average molecular weight is 251 g/mol. The minimum Gasteiger partial charge on any atom is -0.388 e. The van der Waals surface area contributed by atoms with Crippen molar-refractivity contribution in [1.29, 1.82) is 0 Å². The van der Waals surface area contributed by atoms with Gasteiger partial charge >= 0.3 is 0 Å². The molecule has 0 atom stereocenters. The van der Waals surface area contributed by atoms with Crippen LogP contribution in [0.3, 0.4) is 0 Å². The third kappa shape index (κ3) is 2.60. The topological polar surface area (TPSA) is 52.7 Å². The Morgan fingerprint density at radius 3 is 2.53 bits per heavy atom. The molecule has 0 aliphatic rings. The summed E-state index contributed by atoms with van der Waals surface area (Å²) < 4.78 is 0. The van der Waals surface area contributed by atoms with E-state index in [4.69, 9.17) is 11.6 Å². The van der Waals surface area contributed by atoms with Crippen LogP contribution in [0.2, 0.25) is 5.15 Å². The second-order valence-electron chi connectivity index (χ2n) is 3.71. The van der Waals surface area contributed by atoms with Crippen LogP contribution in [0.4, 0.5) is 5.69 Å². The molecule has 4 nitrogen and oxygen atoms in total. The molecule has 1 aromatic carbocycles. The summed E-state index contributed by atoms with van der Waals surface area (Å²) in [5, 5.41) is 6.62. The molecule has 0 saturated heterocycles. The number of rotatable bonds is 4. The first kappa shape index (κ1) is 12.0. The fraction of sp³-hybridized carbons (Fsp3) is 0.250. The highest BCUT2D eigenvalue weighted by Crippen LogP contribution is 2.26. The molecule has 0 spiro atoms. The third-order valence-electron chi connectivity index (χ3n) is 2.52. The molecule has 0 aliphatic heterocycles. The summed E-state index contributed by atoms with van der Waals surface area (Å²) in [5.74, 6) is 0.838. The number of H-pyrrole nitrogens is 1. The molecule has 0 unspecified atom stereocenters. The predicted molar refractivity (Wildman–Crippen MR) is 71.3 cm³/mol. The number of halogens is 1. The Balaban J connectivity index is 2.31. The zero-order chi connectivity index (χ0) is 12.3. The van der Waals surface area contributed by atoms with Crippen molar-refractivity contribution in [3.8, 4) is 11.3 Å². The molecule has 1 heterocycles. The van der Waals surface area contributed by atoms with Crippen LogP contribution in [-0.2, 0) is 6.54 Å². The van der Waals surface area contributed by atoms with Crippen molar-refractivity contribution in [2.45, 2.75) is 6.54 Å². The number of benzene rings is 1. The van der Waals surface area contributed by atoms with Crippen molar-refractivity contribution in [2.75, 3.05) is 19.4 Å². The van der Waals surface area contributed by atoms with Gasteiger partial charge in [-0.1, -0.05) is 23.7 Å². The maximum atomic E-state index is 6.10. The predicted octanol–water partition coefficient (Wildman–Crippen LogP) is 2.49. The summed E-state index contributed by atoms with van der Waals surface area (Å²) in [4.78, 5) is 7.46. The molecule has 5 heteroatoms. The minimum absolute atomic E-state index is 0.507. The minimum atomic E-state index is 0.507. The molecular formula is C12H15ClN4. The highest BCUT2D eigenvalue weighted by atomic mass is 35.5. The van der Waals surface area contributed by atoms with Crippen molar-refractivity contribution in [2.24, 2.45) is 0 Å². The Bertz CT molecular complexity index is 490. The summed E-state index contributed by atoms with van der Waals surface area (Å²) in [6.45, 7) is 0.675. The van der Waals surface area contributed by atoms with Gasteiger partial charge in [0.1, 0.15) is 5.82 Å². The van der Waals surface area contributed by atoms with Gasteiger partial charge in [-0.05, 0) is 19.2 Å². The molecule has 0 fully saturated rings. The molecular weight excluding hydrogens is 236 g/mol. The SMILES string of the molecule is CNCc1nc(Cl)c(-c2ccc(NC)cc2)[nH]1. The van der Waals surface area contributed by atoms with E-state index in [0.29, 0.717) is 11.7 Å². The van der Waals surface area contributed by atoms with E-state index in [2.05, 4.69) is 20.6 Å². The first-order valence-electron chi connectivity index (χ1n) is 5.41. The number of hydrogen-bond acceptors (Lipinski definition) is 3. The van der Waals surface area contributed by atoms with Gasteiger partial charge in [-0.25, -0.2) is 4.98 Å². The van der Waals surface area contributed by atoms with E-state index in [-0.39, 0.29) is 0 Å². The van der Waals surface area contributed by atoms with Gasteiger partial charge in [0.25, 0.3) is 0 Å². The first-order chi connectivity index (χ1) is 8.24. The van der Waals surface area contributed by atoms with Gasteiger partial charge in [-0.3, -0.25) is 0 Å². The molecule has 1 aromatic heterocycles. The maximum Gasteiger partial charge on any atom is 0.155 e. The van der Waals surface area contributed by atoms with Gasteiger partial charge in [0.05, 0.1) is 12.2 Å². The second-order valence-corrected chi connectivity index (χ2v) is 4.07. The second kappa shape index (κ2) is 5.21. The first-order valence-corrected chi connectivity index (χ1v) is 5.79. The zero-order valence-electron chi connectivity index (χ0n) is 9.84. The Morgan fingerprint density at radius 1 is 1.24 bits per heavy atom. The number of nitrogens with zero attached hydrogens (tertiary/aromatic N) is 1. The molecule has 3 N–H and O–H groups in total. The van der Waals surface area contributed by atoms with Crippen LogP contribution >= 0.6 is 11.6 Å². The van der Waals surface area contributed by atoms with Gasteiger partial charge in [0, 0.05) is 18.3 Å². The number of aromatic nitrogens is 2. The van der Waals surface area contributed by atoms with E-state index in [1.54, 1.807) is 0 Å². The van der Waals surface area contributed by atoms with Gasteiger partial charge in [0.15, 0.2) is 5.15 Å². The van der Waals surface area contributed by atoms with Crippen molar-refractivity contribution < 1.29 is 0 Å². The van der Waals surface area contributed by atoms with E-state index in [1.165, 1.54) is 0 Å². The molecule has 90 valence electrons. The smallest absolute Gasteiger partial charge is 0.155 e. The van der Waals surface area contributed by atoms with Crippen molar-refractivity contribution in [1.82, 2.24) is 15.3 Å². The Hall–Kier alpha value is -1.52. The fourth-order valence-electron chi connectivity index (χ4n) is 1.64. The molecule has 0 aliphatic carbocycles. The molecule has 0 radical (unpaired) electrons. The van der Waals surface area contributed by atoms with E-state index in [9.17, 15) is 0 Å². The van der Waals surface area contributed by atoms with Gasteiger partial charge < -0.3 is 15.6 Å². The molecule has 17 heavy (non-hydrogen) atoms. The Morgan fingerprint density at radius 2 is 1.94 bits per heavy atom. The van der Waals surface area contributed by atoms with Crippen LogP contribution in [-0.4, -0.2) is 24.1 Å². The summed E-state index contributed by atoms with van der Waals surface area (Å²) in [5.41, 5.74) is 2.96. The highest BCUT2D eigenvalue weighted by molar-refractivity contribution is 6.31. The summed E-state index contributed by atoms with van der Waals surface area (Å²) in [6, 6.07) is 8.03. The lowest BCUT2D eigenvalue weighted by Gasteiger charge is -2.02. The molecule has 0 amide bonds. The molecule has 0 saturated carbocycles. The lowest BCUT2D eigenvalue weighted by molar-refractivity contribution is 0.772. The van der Waals surface area contributed by atoms with Gasteiger partial charge in [-0.2, -0.15) is 0 Å². The van der Waals surface area contributed by atoms with Gasteiger partial charge in [-0.15, -0.1) is 0 Å². The van der Waals surface area contributed by atoms with Crippen molar-refractivity contribution in [3.63, 3.8) is 0 Å². The maximum absolute atomic E-state index is 6.10. The zero-order valence-corrected chi connectivity index (χ0v) is 10.6. The van der Waals surface area contributed by atoms with Crippen molar-refractivity contribution >= 4 is 17.3 Å². The largest absolute Gasteiger partial charge is 0.388 e. The fourth-order valence-corrected chi connectivity index (χ4v) is 1.90. The summed E-state index contributed by atoms with van der Waals surface area (Å²) in [7, 11) is 3.76. The van der Waals surface area contributed by atoms with Crippen LogP contribution in [0.5, 0.6) is 0 Å². The van der Waals surface area contributed by atoms with Gasteiger partial charge in [0.2, 0.25) is 0 Å². The van der Waals surface area contributed by atoms with Crippen molar-refractivity contribution in [3.05, 3.63) is 35.2 Å². The van der Waals surface area contributed by atoms with Crippen LogP contribution in [0.1, 0.15) is 5.82 Å². The van der Waals surface area contributed by atoms with E-state index in [1.807, 2.05) is 38.4 Å².